The zero-order valence-corrected chi connectivity index (χ0v) is 11.2. The number of halogens is 2. The average molecular weight is 301 g/mol. The maximum absolute atomic E-state index is 6.06. The molecule has 0 fully saturated rings. The van der Waals surface area contributed by atoms with E-state index >= 15 is 0 Å². The van der Waals surface area contributed by atoms with Gasteiger partial charge in [-0.2, -0.15) is 0 Å². The largest absolute Gasteiger partial charge is 0.314 e. The molecule has 1 aromatic carbocycles. The van der Waals surface area contributed by atoms with Crippen LogP contribution < -0.4 is 0 Å². The van der Waals surface area contributed by atoms with E-state index in [1.165, 1.54) is 0 Å². The normalized spacial score (nSPS) is 10.7. The molecule has 84 valence electrons. The fourth-order valence-corrected chi connectivity index (χ4v) is 1.95. The van der Waals surface area contributed by atoms with Crippen LogP contribution >= 0.6 is 27.5 Å². The van der Waals surface area contributed by atoms with E-state index in [-0.39, 0.29) is 0 Å². The highest BCUT2D eigenvalue weighted by Crippen LogP contribution is 2.27. The molecule has 0 aliphatic heterocycles. The summed E-state index contributed by atoms with van der Waals surface area (Å²) in [5, 5.41) is 8.73. The van der Waals surface area contributed by atoms with Gasteiger partial charge in [0.05, 0.1) is 5.02 Å². The lowest BCUT2D eigenvalue weighted by atomic mass is 10.2. The smallest absolute Gasteiger partial charge is 0.163 e. The number of hydrogen-bond acceptors (Lipinski definition) is 2. The van der Waals surface area contributed by atoms with Crippen LogP contribution in [-0.2, 0) is 6.54 Å². The van der Waals surface area contributed by atoms with Crippen molar-refractivity contribution in [3.8, 4) is 11.4 Å². The molecule has 0 spiro atoms. The number of nitrogens with zero attached hydrogens (tertiary/aromatic N) is 3. The number of aromatic nitrogens is 3. The van der Waals surface area contributed by atoms with Gasteiger partial charge in [0.15, 0.2) is 5.82 Å². The maximum atomic E-state index is 6.06. The molecule has 0 aliphatic rings. The van der Waals surface area contributed by atoms with Gasteiger partial charge in [0.2, 0.25) is 0 Å². The van der Waals surface area contributed by atoms with Crippen molar-refractivity contribution in [2.45, 2.75) is 19.9 Å². The first-order chi connectivity index (χ1) is 7.72. The predicted molar refractivity (Wildman–Crippen MR) is 68.5 cm³/mol. The van der Waals surface area contributed by atoms with Gasteiger partial charge in [0.25, 0.3) is 0 Å². The second kappa shape index (κ2) is 4.97. The van der Waals surface area contributed by atoms with Crippen molar-refractivity contribution in [2.75, 3.05) is 0 Å². The van der Waals surface area contributed by atoms with Gasteiger partial charge in [0.1, 0.15) is 6.33 Å². The summed E-state index contributed by atoms with van der Waals surface area (Å²) < 4.78 is 2.92. The molecule has 2 aromatic rings. The van der Waals surface area contributed by atoms with Gasteiger partial charge in [-0.15, -0.1) is 10.2 Å². The summed E-state index contributed by atoms with van der Waals surface area (Å²) in [4.78, 5) is 0. The molecule has 0 saturated carbocycles. The molecule has 0 N–H and O–H groups in total. The van der Waals surface area contributed by atoms with Crippen LogP contribution in [0.25, 0.3) is 11.4 Å². The molecule has 1 heterocycles. The van der Waals surface area contributed by atoms with E-state index in [2.05, 4.69) is 33.1 Å². The third-order valence-corrected chi connectivity index (χ3v) is 3.49. The average Bonchev–Trinajstić information content (AvgIpc) is 2.71. The summed E-state index contributed by atoms with van der Waals surface area (Å²) >= 11 is 9.42. The molecule has 0 radical (unpaired) electrons. The van der Waals surface area contributed by atoms with Crippen LogP contribution in [0.1, 0.15) is 13.3 Å². The fraction of sp³-hybridized carbons (Fsp3) is 0.273. The van der Waals surface area contributed by atoms with E-state index in [9.17, 15) is 0 Å². The van der Waals surface area contributed by atoms with Crippen LogP contribution in [0.2, 0.25) is 5.02 Å². The standard InChI is InChI=1S/C11H11BrClN3/c1-2-5-16-7-14-15-11(16)8-3-4-9(12)10(13)6-8/h3-4,6-7H,2,5H2,1H3. The lowest BCUT2D eigenvalue weighted by Crippen LogP contribution is -1.98. The van der Waals surface area contributed by atoms with Gasteiger partial charge >= 0.3 is 0 Å². The van der Waals surface area contributed by atoms with E-state index in [0.717, 1.165) is 28.8 Å². The Kier molecular flexibility index (Phi) is 3.61. The maximum Gasteiger partial charge on any atom is 0.163 e. The van der Waals surface area contributed by atoms with E-state index in [0.29, 0.717) is 5.02 Å². The highest BCUT2D eigenvalue weighted by atomic mass is 79.9. The van der Waals surface area contributed by atoms with E-state index in [1.807, 2.05) is 22.8 Å². The Labute approximate surface area is 108 Å². The van der Waals surface area contributed by atoms with Gasteiger partial charge in [-0.25, -0.2) is 0 Å². The summed E-state index contributed by atoms with van der Waals surface area (Å²) in [6.07, 6.45) is 2.80. The van der Waals surface area contributed by atoms with E-state index < -0.39 is 0 Å². The van der Waals surface area contributed by atoms with Crippen molar-refractivity contribution in [2.24, 2.45) is 0 Å². The van der Waals surface area contributed by atoms with Crippen LogP contribution in [0.15, 0.2) is 29.0 Å². The van der Waals surface area contributed by atoms with Crippen LogP contribution in [0.3, 0.4) is 0 Å². The third kappa shape index (κ3) is 2.28. The van der Waals surface area contributed by atoms with Crippen LogP contribution in [0.5, 0.6) is 0 Å². The summed E-state index contributed by atoms with van der Waals surface area (Å²) in [6.45, 7) is 3.04. The third-order valence-electron chi connectivity index (χ3n) is 2.26. The highest BCUT2D eigenvalue weighted by Gasteiger charge is 2.08. The molecule has 0 amide bonds. The first-order valence-corrected chi connectivity index (χ1v) is 6.22. The van der Waals surface area contributed by atoms with Crippen molar-refractivity contribution in [1.29, 1.82) is 0 Å². The van der Waals surface area contributed by atoms with E-state index in [4.69, 9.17) is 11.6 Å². The zero-order chi connectivity index (χ0) is 11.5. The predicted octanol–water partition coefficient (Wildman–Crippen LogP) is 3.77. The number of hydrogen-bond donors (Lipinski definition) is 0. The van der Waals surface area contributed by atoms with Crippen molar-refractivity contribution < 1.29 is 0 Å². The van der Waals surface area contributed by atoms with Crippen molar-refractivity contribution in [3.63, 3.8) is 0 Å². The van der Waals surface area contributed by atoms with Gasteiger partial charge in [-0.1, -0.05) is 18.5 Å². The summed E-state index contributed by atoms with van der Waals surface area (Å²) in [5.41, 5.74) is 0.985. The second-order valence-electron chi connectivity index (χ2n) is 3.48. The Hall–Kier alpha value is -0.870. The SMILES string of the molecule is CCCn1cnnc1-c1ccc(Br)c(Cl)c1. The quantitative estimate of drug-likeness (QED) is 0.864. The lowest BCUT2D eigenvalue weighted by Gasteiger charge is -2.05. The minimum Gasteiger partial charge on any atom is -0.314 e. The van der Waals surface area contributed by atoms with E-state index in [1.54, 1.807) is 6.33 Å². The summed E-state index contributed by atoms with van der Waals surface area (Å²) in [7, 11) is 0. The minimum atomic E-state index is 0.684. The lowest BCUT2D eigenvalue weighted by molar-refractivity contribution is 0.683. The second-order valence-corrected chi connectivity index (χ2v) is 4.74. The molecule has 1 aromatic heterocycles. The van der Waals surface area contributed by atoms with Crippen LogP contribution in [0, 0.1) is 0 Å². The Morgan fingerprint density at radius 1 is 1.44 bits per heavy atom. The number of rotatable bonds is 3. The van der Waals surface area contributed by atoms with Gasteiger partial charge in [0, 0.05) is 16.6 Å². The van der Waals surface area contributed by atoms with Crippen molar-refractivity contribution in [3.05, 3.63) is 34.0 Å². The van der Waals surface area contributed by atoms with Gasteiger partial charge in [-0.3, -0.25) is 0 Å². The topological polar surface area (TPSA) is 30.7 Å². The number of aryl methyl sites for hydroxylation is 1. The highest BCUT2D eigenvalue weighted by molar-refractivity contribution is 9.10. The van der Waals surface area contributed by atoms with Crippen molar-refractivity contribution >= 4 is 27.5 Å². The Balaban J connectivity index is 2.42. The fourth-order valence-electron chi connectivity index (χ4n) is 1.52. The first-order valence-electron chi connectivity index (χ1n) is 5.05. The molecular weight excluding hydrogens is 289 g/mol. The van der Waals surface area contributed by atoms with Gasteiger partial charge in [-0.05, 0) is 40.5 Å². The molecule has 0 aliphatic carbocycles. The minimum absolute atomic E-state index is 0.684. The summed E-state index contributed by atoms with van der Waals surface area (Å²) in [5.74, 6) is 0.858. The Bertz CT molecular complexity index is 496. The Morgan fingerprint density at radius 2 is 2.25 bits per heavy atom. The molecule has 0 atom stereocenters. The van der Waals surface area contributed by atoms with Crippen LogP contribution in [0.4, 0.5) is 0 Å². The molecule has 16 heavy (non-hydrogen) atoms. The molecule has 0 bridgehead atoms. The van der Waals surface area contributed by atoms with Gasteiger partial charge < -0.3 is 4.57 Å². The Morgan fingerprint density at radius 3 is 2.94 bits per heavy atom. The zero-order valence-electron chi connectivity index (χ0n) is 8.82. The van der Waals surface area contributed by atoms with Crippen LogP contribution in [-0.4, -0.2) is 14.8 Å². The molecule has 2 rings (SSSR count). The number of benzene rings is 1. The molecular formula is C11H11BrClN3. The molecule has 0 saturated heterocycles. The first kappa shape index (κ1) is 11.6. The molecule has 3 nitrogen and oxygen atoms in total. The summed E-state index contributed by atoms with van der Waals surface area (Å²) in [6, 6.07) is 5.79. The monoisotopic (exact) mass is 299 g/mol. The molecule has 0 unspecified atom stereocenters. The van der Waals surface area contributed by atoms with Crippen molar-refractivity contribution in [1.82, 2.24) is 14.8 Å². The molecule has 5 heteroatoms.